The monoisotopic (exact) mass is 289 g/mol. The first-order valence-electron chi connectivity index (χ1n) is 7.42. The number of hydroxylamine groups is 2. The van der Waals surface area contributed by atoms with Crippen molar-refractivity contribution in [2.24, 2.45) is 0 Å². The lowest BCUT2D eigenvalue weighted by Crippen LogP contribution is -2.33. The van der Waals surface area contributed by atoms with Crippen LogP contribution in [0.2, 0.25) is 0 Å². The Bertz CT molecular complexity index is 218. The molecule has 0 N–H and O–H groups in total. The van der Waals surface area contributed by atoms with Gasteiger partial charge in [0.15, 0.2) is 4.32 Å². The van der Waals surface area contributed by atoms with Crippen molar-refractivity contribution in [2.45, 2.75) is 64.7 Å². The van der Waals surface area contributed by atoms with E-state index in [1.54, 1.807) is 11.8 Å². The second-order valence-electron chi connectivity index (χ2n) is 4.88. The summed E-state index contributed by atoms with van der Waals surface area (Å²) in [5.41, 5.74) is 0. The molecule has 0 bridgehead atoms. The van der Waals surface area contributed by atoms with Crippen molar-refractivity contribution in [3.8, 4) is 0 Å². The summed E-state index contributed by atoms with van der Waals surface area (Å²) < 4.78 is 0.931. The molecular formula is C14H27NOS2. The summed E-state index contributed by atoms with van der Waals surface area (Å²) in [6.07, 6.45) is 11.9. The highest BCUT2D eigenvalue weighted by molar-refractivity contribution is 8.22. The van der Waals surface area contributed by atoms with Gasteiger partial charge in [-0.25, -0.2) is 5.06 Å². The van der Waals surface area contributed by atoms with Crippen LogP contribution in [0.3, 0.4) is 0 Å². The first-order valence-corrected chi connectivity index (χ1v) is 8.81. The molecule has 1 aliphatic rings. The van der Waals surface area contributed by atoms with Crippen LogP contribution in [0, 0.1) is 0 Å². The largest absolute Gasteiger partial charge is 0.272 e. The van der Waals surface area contributed by atoms with E-state index in [1.807, 2.05) is 5.06 Å². The molecule has 4 heteroatoms. The minimum atomic E-state index is 0.831. The number of hydrogen-bond donors (Lipinski definition) is 0. The van der Waals surface area contributed by atoms with Crippen molar-refractivity contribution in [3.63, 3.8) is 0 Å². The average molecular weight is 290 g/mol. The smallest absolute Gasteiger partial charge is 0.160 e. The van der Waals surface area contributed by atoms with Gasteiger partial charge in [-0.3, -0.25) is 4.84 Å². The molecule has 1 aliphatic heterocycles. The highest BCUT2D eigenvalue weighted by atomic mass is 32.2. The van der Waals surface area contributed by atoms with Crippen LogP contribution in [0.25, 0.3) is 0 Å². The van der Waals surface area contributed by atoms with Crippen molar-refractivity contribution in [1.82, 2.24) is 5.06 Å². The predicted octanol–water partition coefficient (Wildman–Crippen LogP) is 4.78. The zero-order valence-electron chi connectivity index (χ0n) is 11.7. The van der Waals surface area contributed by atoms with Crippen LogP contribution in [0.15, 0.2) is 0 Å². The standard InChI is InChI=1S/C14H27NOS2/c1-2-3-4-5-6-7-10-13-18-14(17)15-11-8-9-12-16-15/h2-13H2,1H3. The van der Waals surface area contributed by atoms with Gasteiger partial charge >= 0.3 is 0 Å². The van der Waals surface area contributed by atoms with Crippen LogP contribution >= 0.6 is 24.0 Å². The summed E-state index contributed by atoms with van der Waals surface area (Å²) in [6.45, 7) is 4.07. The van der Waals surface area contributed by atoms with Gasteiger partial charge in [0.25, 0.3) is 0 Å². The Morgan fingerprint density at radius 1 is 1.11 bits per heavy atom. The van der Waals surface area contributed by atoms with Gasteiger partial charge in [0.1, 0.15) is 0 Å². The summed E-state index contributed by atoms with van der Waals surface area (Å²) in [6, 6.07) is 0. The molecule has 0 radical (unpaired) electrons. The van der Waals surface area contributed by atoms with Crippen LogP contribution in [0.4, 0.5) is 0 Å². The normalized spacial score (nSPS) is 15.9. The third-order valence-corrected chi connectivity index (χ3v) is 4.68. The highest BCUT2D eigenvalue weighted by Crippen LogP contribution is 2.17. The summed E-state index contributed by atoms with van der Waals surface area (Å²) in [7, 11) is 0. The van der Waals surface area contributed by atoms with Gasteiger partial charge in [-0.2, -0.15) is 0 Å². The molecule has 0 amide bonds. The van der Waals surface area contributed by atoms with Gasteiger partial charge < -0.3 is 0 Å². The van der Waals surface area contributed by atoms with Gasteiger partial charge in [0, 0.05) is 12.3 Å². The maximum absolute atomic E-state index is 5.53. The predicted molar refractivity (Wildman–Crippen MR) is 84.9 cm³/mol. The number of rotatable bonds is 8. The van der Waals surface area contributed by atoms with E-state index < -0.39 is 0 Å². The molecular weight excluding hydrogens is 262 g/mol. The molecule has 0 aromatic rings. The minimum absolute atomic E-state index is 0.831. The third-order valence-electron chi connectivity index (χ3n) is 3.18. The van der Waals surface area contributed by atoms with Crippen molar-refractivity contribution in [1.29, 1.82) is 0 Å². The Hall–Kier alpha value is 0.200. The van der Waals surface area contributed by atoms with E-state index in [0.717, 1.165) is 23.2 Å². The van der Waals surface area contributed by atoms with Gasteiger partial charge in [-0.05, 0) is 19.3 Å². The fourth-order valence-corrected chi connectivity index (χ4v) is 3.24. The van der Waals surface area contributed by atoms with E-state index in [-0.39, 0.29) is 0 Å². The number of unbranched alkanes of at least 4 members (excludes halogenated alkanes) is 6. The zero-order valence-corrected chi connectivity index (χ0v) is 13.3. The molecule has 18 heavy (non-hydrogen) atoms. The molecule has 0 aromatic carbocycles. The lowest BCUT2D eigenvalue weighted by molar-refractivity contribution is -0.118. The molecule has 1 rings (SSSR count). The molecule has 1 fully saturated rings. The first-order chi connectivity index (χ1) is 8.84. The van der Waals surface area contributed by atoms with E-state index in [1.165, 1.54) is 57.8 Å². The lowest BCUT2D eigenvalue weighted by atomic mass is 10.1. The van der Waals surface area contributed by atoms with E-state index in [4.69, 9.17) is 17.1 Å². The van der Waals surface area contributed by atoms with Crippen LogP contribution < -0.4 is 0 Å². The second-order valence-corrected chi connectivity index (χ2v) is 6.61. The minimum Gasteiger partial charge on any atom is -0.272 e. The molecule has 1 heterocycles. The number of thiocarbonyl (C=S) groups is 1. The van der Waals surface area contributed by atoms with E-state index in [2.05, 4.69) is 6.92 Å². The van der Waals surface area contributed by atoms with Crippen molar-refractivity contribution >= 4 is 28.3 Å². The topological polar surface area (TPSA) is 12.5 Å². The number of thioether (sulfide) groups is 1. The third kappa shape index (κ3) is 7.59. The molecule has 106 valence electrons. The fourth-order valence-electron chi connectivity index (χ4n) is 2.03. The zero-order chi connectivity index (χ0) is 13.1. The Labute approximate surface area is 122 Å². The second kappa shape index (κ2) is 11.1. The maximum Gasteiger partial charge on any atom is 0.160 e. The van der Waals surface area contributed by atoms with Crippen molar-refractivity contribution in [3.05, 3.63) is 0 Å². The molecule has 0 atom stereocenters. The van der Waals surface area contributed by atoms with Gasteiger partial charge in [0.05, 0.1) is 6.61 Å². The molecule has 0 spiro atoms. The summed E-state index contributed by atoms with van der Waals surface area (Å²) in [5.74, 6) is 1.15. The van der Waals surface area contributed by atoms with Crippen LogP contribution in [-0.4, -0.2) is 28.3 Å². The van der Waals surface area contributed by atoms with E-state index in [0.29, 0.717) is 0 Å². The van der Waals surface area contributed by atoms with Crippen LogP contribution in [0.5, 0.6) is 0 Å². The van der Waals surface area contributed by atoms with Crippen molar-refractivity contribution < 1.29 is 4.84 Å². The van der Waals surface area contributed by atoms with Crippen molar-refractivity contribution in [2.75, 3.05) is 18.9 Å². The lowest BCUT2D eigenvalue weighted by Gasteiger charge is -2.27. The summed E-state index contributed by atoms with van der Waals surface area (Å²) in [5, 5.41) is 1.91. The fraction of sp³-hybridized carbons (Fsp3) is 0.929. The van der Waals surface area contributed by atoms with Gasteiger partial charge in [-0.15, -0.1) is 0 Å². The summed E-state index contributed by atoms with van der Waals surface area (Å²) in [4.78, 5) is 5.53. The Balaban J connectivity index is 1.89. The number of hydrogen-bond acceptors (Lipinski definition) is 3. The quantitative estimate of drug-likeness (QED) is 0.470. The Kier molecular flexibility index (Phi) is 9.99. The molecule has 0 aliphatic carbocycles. The van der Waals surface area contributed by atoms with Gasteiger partial charge in [-0.1, -0.05) is 69.4 Å². The molecule has 0 saturated carbocycles. The van der Waals surface area contributed by atoms with Gasteiger partial charge in [0.2, 0.25) is 0 Å². The SMILES string of the molecule is CCCCCCCCCSC(=S)N1CCCCO1. The van der Waals surface area contributed by atoms with Crippen LogP contribution in [-0.2, 0) is 4.84 Å². The van der Waals surface area contributed by atoms with E-state index >= 15 is 0 Å². The summed E-state index contributed by atoms with van der Waals surface area (Å²) >= 11 is 7.16. The molecule has 0 unspecified atom stereocenters. The number of nitrogens with zero attached hydrogens (tertiary/aromatic N) is 1. The average Bonchev–Trinajstić information content (AvgIpc) is 2.42. The molecule has 1 saturated heterocycles. The highest BCUT2D eigenvalue weighted by Gasteiger charge is 2.14. The Morgan fingerprint density at radius 3 is 2.50 bits per heavy atom. The molecule has 2 nitrogen and oxygen atoms in total. The maximum atomic E-state index is 5.53. The van der Waals surface area contributed by atoms with E-state index in [9.17, 15) is 0 Å². The Morgan fingerprint density at radius 2 is 1.83 bits per heavy atom. The molecule has 0 aromatic heterocycles. The first kappa shape index (κ1) is 16.3. The van der Waals surface area contributed by atoms with Crippen LogP contribution in [0.1, 0.15) is 64.7 Å².